The fourth-order valence-corrected chi connectivity index (χ4v) is 0.970. The molecule has 68 valence electrons. The standard InChI is InChI=1S/C8H9NO3.2Na.2H/c1-4-2-5(8(11)12)7(10)6(9)3-4;;;;/h2-3,10H,9H2,1H3,(H,11,12);;;;/q;2*+1;2*-1. The van der Waals surface area contributed by atoms with Crippen LogP contribution < -0.4 is 64.8 Å². The van der Waals surface area contributed by atoms with Crippen molar-refractivity contribution in [1.29, 1.82) is 0 Å². The van der Waals surface area contributed by atoms with Crippen LogP contribution in [0.15, 0.2) is 12.1 Å². The number of carboxylic acids is 1. The minimum absolute atomic E-state index is 0. The van der Waals surface area contributed by atoms with Gasteiger partial charge in [-0.25, -0.2) is 4.79 Å². The summed E-state index contributed by atoms with van der Waals surface area (Å²) in [6.45, 7) is 1.71. The monoisotopic (exact) mass is 215 g/mol. The van der Waals surface area contributed by atoms with Crippen LogP contribution in [-0.4, -0.2) is 16.2 Å². The molecular weight excluding hydrogens is 204 g/mol. The van der Waals surface area contributed by atoms with Crippen molar-refractivity contribution in [1.82, 2.24) is 0 Å². The van der Waals surface area contributed by atoms with Crippen LogP contribution >= 0.6 is 0 Å². The molecule has 0 spiro atoms. The molecule has 6 heteroatoms. The number of hydrogen-bond donors (Lipinski definition) is 3. The number of nitrogen functional groups attached to an aromatic ring is 1. The fourth-order valence-electron chi connectivity index (χ4n) is 0.970. The van der Waals surface area contributed by atoms with Gasteiger partial charge in [0.05, 0.1) is 5.69 Å². The predicted molar refractivity (Wildman–Crippen MR) is 46.4 cm³/mol. The van der Waals surface area contributed by atoms with Gasteiger partial charge in [-0.1, -0.05) is 0 Å². The molecule has 0 amide bonds. The van der Waals surface area contributed by atoms with E-state index in [0.29, 0.717) is 5.56 Å². The van der Waals surface area contributed by atoms with Crippen molar-refractivity contribution in [2.45, 2.75) is 6.92 Å². The molecule has 1 rings (SSSR count). The van der Waals surface area contributed by atoms with Gasteiger partial charge in [-0.3, -0.25) is 0 Å². The van der Waals surface area contributed by atoms with E-state index in [9.17, 15) is 9.90 Å². The number of nitrogens with two attached hydrogens (primary N) is 1. The van der Waals surface area contributed by atoms with Gasteiger partial charge in [-0.15, -0.1) is 0 Å². The van der Waals surface area contributed by atoms with Crippen LogP contribution in [0, 0.1) is 6.92 Å². The van der Waals surface area contributed by atoms with Crippen LogP contribution in [0.25, 0.3) is 0 Å². The van der Waals surface area contributed by atoms with E-state index in [2.05, 4.69) is 0 Å². The first kappa shape index (κ1) is 16.7. The van der Waals surface area contributed by atoms with Crippen LogP contribution in [0.5, 0.6) is 5.75 Å². The Hall–Kier alpha value is 0.290. The normalized spacial score (nSPS) is 8.36. The minimum atomic E-state index is -1.18. The second-order valence-corrected chi connectivity index (χ2v) is 2.56. The van der Waals surface area contributed by atoms with Gasteiger partial charge < -0.3 is 18.8 Å². The molecule has 0 unspecified atom stereocenters. The summed E-state index contributed by atoms with van der Waals surface area (Å²) in [7, 11) is 0. The van der Waals surface area contributed by atoms with Crippen molar-refractivity contribution < 1.29 is 77.0 Å². The van der Waals surface area contributed by atoms with Crippen LogP contribution in [0.4, 0.5) is 5.69 Å². The summed E-state index contributed by atoms with van der Waals surface area (Å²) < 4.78 is 0. The predicted octanol–water partition coefficient (Wildman–Crippen LogP) is -4.79. The summed E-state index contributed by atoms with van der Waals surface area (Å²) in [6, 6.07) is 2.88. The Labute approximate surface area is 129 Å². The Morgan fingerprint density at radius 3 is 2.36 bits per heavy atom. The summed E-state index contributed by atoms with van der Waals surface area (Å²) in [6.07, 6.45) is 0. The van der Waals surface area contributed by atoms with Gasteiger partial charge in [-0.2, -0.15) is 0 Å². The second kappa shape index (κ2) is 6.71. The van der Waals surface area contributed by atoms with Crippen LogP contribution in [-0.2, 0) is 0 Å². The maximum Gasteiger partial charge on any atom is 1.00 e. The summed E-state index contributed by atoms with van der Waals surface area (Å²) in [4.78, 5) is 10.5. The van der Waals surface area contributed by atoms with E-state index in [-0.39, 0.29) is 79.0 Å². The van der Waals surface area contributed by atoms with Crippen molar-refractivity contribution in [3.05, 3.63) is 23.3 Å². The molecule has 4 nitrogen and oxygen atoms in total. The van der Waals surface area contributed by atoms with Crippen LogP contribution in [0.2, 0.25) is 0 Å². The van der Waals surface area contributed by atoms with E-state index in [4.69, 9.17) is 10.8 Å². The summed E-state index contributed by atoms with van der Waals surface area (Å²) in [5, 5.41) is 17.8. The van der Waals surface area contributed by atoms with Crippen LogP contribution in [0.3, 0.4) is 0 Å². The molecule has 0 aliphatic rings. The summed E-state index contributed by atoms with van der Waals surface area (Å²) >= 11 is 0. The van der Waals surface area contributed by atoms with Gasteiger partial charge >= 0.3 is 65.1 Å². The van der Waals surface area contributed by atoms with Crippen molar-refractivity contribution in [2.75, 3.05) is 5.73 Å². The average molecular weight is 215 g/mol. The minimum Gasteiger partial charge on any atom is -1.00 e. The molecule has 0 aliphatic heterocycles. The number of aryl methyl sites for hydroxylation is 1. The molecule has 0 bridgehead atoms. The number of anilines is 1. The van der Waals surface area contributed by atoms with Gasteiger partial charge in [0.15, 0.2) is 5.75 Å². The van der Waals surface area contributed by atoms with E-state index in [1.165, 1.54) is 12.1 Å². The van der Waals surface area contributed by atoms with E-state index in [0.717, 1.165) is 0 Å². The molecule has 0 fully saturated rings. The van der Waals surface area contributed by atoms with Crippen LogP contribution in [0.1, 0.15) is 18.8 Å². The summed E-state index contributed by atoms with van der Waals surface area (Å²) in [5.41, 5.74) is 5.99. The van der Waals surface area contributed by atoms with Crippen molar-refractivity contribution in [3.63, 3.8) is 0 Å². The topological polar surface area (TPSA) is 83.5 Å². The quantitative estimate of drug-likeness (QED) is 0.249. The molecule has 0 aromatic heterocycles. The molecule has 0 radical (unpaired) electrons. The zero-order valence-corrected chi connectivity index (χ0v) is 12.5. The van der Waals surface area contributed by atoms with E-state index in [1.807, 2.05) is 0 Å². The van der Waals surface area contributed by atoms with Gasteiger partial charge in [0.2, 0.25) is 0 Å². The third-order valence-corrected chi connectivity index (χ3v) is 1.51. The van der Waals surface area contributed by atoms with Gasteiger partial charge in [0.1, 0.15) is 5.56 Å². The Morgan fingerprint density at radius 1 is 1.43 bits per heavy atom. The number of phenols is 1. The zero-order valence-electron chi connectivity index (χ0n) is 10.5. The van der Waals surface area contributed by atoms with Crippen molar-refractivity contribution >= 4 is 11.7 Å². The Kier molecular flexibility index (Phi) is 8.01. The molecule has 0 saturated carbocycles. The number of hydrogen-bond acceptors (Lipinski definition) is 3. The maximum atomic E-state index is 10.5. The van der Waals surface area contributed by atoms with E-state index >= 15 is 0 Å². The molecule has 0 atom stereocenters. The molecular formula is C8H11NNa2O3. The first-order valence-corrected chi connectivity index (χ1v) is 3.34. The Balaban J connectivity index is -0.000000180. The smallest absolute Gasteiger partial charge is 1.00 e. The molecule has 0 saturated heterocycles. The molecule has 4 N–H and O–H groups in total. The number of carbonyl (C=O) groups is 1. The van der Waals surface area contributed by atoms with Gasteiger partial charge in [-0.05, 0) is 24.6 Å². The van der Waals surface area contributed by atoms with Crippen molar-refractivity contribution in [2.24, 2.45) is 0 Å². The largest absolute Gasteiger partial charge is 1.00 e. The average Bonchev–Trinajstić information content (AvgIpc) is 1.96. The van der Waals surface area contributed by atoms with E-state index in [1.54, 1.807) is 6.92 Å². The fraction of sp³-hybridized carbons (Fsp3) is 0.125. The molecule has 0 aliphatic carbocycles. The number of benzene rings is 1. The number of rotatable bonds is 1. The molecule has 0 heterocycles. The maximum absolute atomic E-state index is 10.5. The van der Waals surface area contributed by atoms with Gasteiger partial charge in [0.25, 0.3) is 0 Å². The number of aromatic hydroxyl groups is 1. The van der Waals surface area contributed by atoms with E-state index < -0.39 is 5.97 Å². The third kappa shape index (κ3) is 3.81. The molecule has 1 aromatic rings. The van der Waals surface area contributed by atoms with Crippen molar-refractivity contribution in [3.8, 4) is 5.75 Å². The number of aromatic carboxylic acids is 1. The molecule has 1 aromatic carbocycles. The Bertz CT molecular complexity index is 350. The zero-order chi connectivity index (χ0) is 9.30. The molecule has 14 heavy (non-hydrogen) atoms. The number of carboxylic acid groups (broad SMARTS) is 1. The SMILES string of the molecule is Cc1cc(N)c(O)c(C(=O)O)c1.[H-].[H-].[Na+].[Na+]. The van der Waals surface area contributed by atoms with Gasteiger partial charge in [0, 0.05) is 0 Å². The second-order valence-electron chi connectivity index (χ2n) is 2.56. The first-order chi connectivity index (χ1) is 5.52. The summed E-state index contributed by atoms with van der Waals surface area (Å²) in [5.74, 6) is -1.55. The first-order valence-electron chi connectivity index (χ1n) is 3.34. The third-order valence-electron chi connectivity index (χ3n) is 1.51. The Morgan fingerprint density at radius 2 is 1.93 bits per heavy atom.